The van der Waals surface area contributed by atoms with E-state index in [1.807, 2.05) is 48.0 Å². The van der Waals surface area contributed by atoms with Crippen LogP contribution >= 0.6 is 22.9 Å². The number of hydrogen-bond acceptors (Lipinski definition) is 2. The predicted octanol–water partition coefficient (Wildman–Crippen LogP) is 3.82. The maximum Gasteiger partial charge on any atom is 0.224 e. The van der Waals surface area contributed by atoms with Gasteiger partial charge in [-0.25, -0.2) is 0 Å². The van der Waals surface area contributed by atoms with Crippen molar-refractivity contribution >= 4 is 28.8 Å². The highest BCUT2D eigenvalue weighted by molar-refractivity contribution is 7.07. The Morgan fingerprint density at radius 3 is 2.67 bits per heavy atom. The molecule has 1 heterocycles. The SMILES string of the molecule is C[C@H](NC(=O)Cc1ccsc1)c1ccc(Cl)cc1. The van der Waals surface area contributed by atoms with Crippen molar-refractivity contribution in [3.63, 3.8) is 0 Å². The van der Waals surface area contributed by atoms with Gasteiger partial charge in [0.05, 0.1) is 12.5 Å². The van der Waals surface area contributed by atoms with Gasteiger partial charge in [-0.15, -0.1) is 0 Å². The third-order valence-corrected chi connectivity index (χ3v) is 3.68. The van der Waals surface area contributed by atoms with Crippen LogP contribution in [0.4, 0.5) is 0 Å². The molecule has 0 aliphatic carbocycles. The van der Waals surface area contributed by atoms with Gasteiger partial charge < -0.3 is 5.32 Å². The number of thiophene rings is 1. The first-order valence-electron chi connectivity index (χ1n) is 5.71. The van der Waals surface area contributed by atoms with Gasteiger partial charge in [0.1, 0.15) is 0 Å². The Hall–Kier alpha value is -1.32. The second-order valence-electron chi connectivity index (χ2n) is 4.15. The number of hydrogen-bond donors (Lipinski definition) is 1. The van der Waals surface area contributed by atoms with E-state index < -0.39 is 0 Å². The number of benzene rings is 1. The second kappa shape index (κ2) is 6.03. The Kier molecular flexibility index (Phi) is 4.39. The highest BCUT2D eigenvalue weighted by Crippen LogP contribution is 2.16. The summed E-state index contributed by atoms with van der Waals surface area (Å²) < 4.78 is 0. The lowest BCUT2D eigenvalue weighted by molar-refractivity contribution is -0.121. The van der Waals surface area contributed by atoms with Crippen LogP contribution in [0.25, 0.3) is 0 Å². The first kappa shape index (κ1) is 13.1. The molecule has 0 saturated carbocycles. The molecule has 0 spiro atoms. The normalized spacial score (nSPS) is 12.1. The molecule has 1 amide bonds. The minimum Gasteiger partial charge on any atom is -0.349 e. The van der Waals surface area contributed by atoms with Crippen LogP contribution in [0.3, 0.4) is 0 Å². The molecule has 1 aromatic carbocycles. The minimum absolute atomic E-state index is 0.00611. The van der Waals surface area contributed by atoms with Crippen molar-refractivity contribution in [2.45, 2.75) is 19.4 Å². The van der Waals surface area contributed by atoms with Gasteiger partial charge in [0.15, 0.2) is 0 Å². The van der Waals surface area contributed by atoms with Gasteiger partial charge in [0.2, 0.25) is 5.91 Å². The molecule has 0 aliphatic rings. The van der Waals surface area contributed by atoms with Crippen molar-refractivity contribution in [1.29, 1.82) is 0 Å². The second-order valence-corrected chi connectivity index (χ2v) is 5.37. The van der Waals surface area contributed by atoms with E-state index >= 15 is 0 Å². The van der Waals surface area contributed by atoms with Crippen molar-refractivity contribution in [3.05, 3.63) is 57.2 Å². The molecular weight excluding hydrogens is 266 g/mol. The molecule has 2 rings (SSSR count). The molecule has 1 atom stereocenters. The molecule has 2 nitrogen and oxygen atoms in total. The van der Waals surface area contributed by atoms with Gasteiger partial charge in [-0.1, -0.05) is 23.7 Å². The van der Waals surface area contributed by atoms with E-state index in [4.69, 9.17) is 11.6 Å². The van der Waals surface area contributed by atoms with E-state index in [0.717, 1.165) is 11.1 Å². The maximum absolute atomic E-state index is 11.8. The van der Waals surface area contributed by atoms with Crippen molar-refractivity contribution in [3.8, 4) is 0 Å². The molecule has 18 heavy (non-hydrogen) atoms. The standard InChI is InChI=1S/C14H14ClNOS/c1-10(12-2-4-13(15)5-3-12)16-14(17)8-11-6-7-18-9-11/h2-7,9-10H,8H2,1H3,(H,16,17)/t10-/m0/s1. The Balaban J connectivity index is 1.92. The van der Waals surface area contributed by atoms with Crippen LogP contribution in [-0.4, -0.2) is 5.91 Å². The first-order valence-corrected chi connectivity index (χ1v) is 7.03. The van der Waals surface area contributed by atoms with Crippen molar-refractivity contribution in [2.24, 2.45) is 0 Å². The maximum atomic E-state index is 11.8. The fraction of sp³-hybridized carbons (Fsp3) is 0.214. The summed E-state index contributed by atoms with van der Waals surface area (Å²) in [6.45, 7) is 1.97. The zero-order valence-electron chi connectivity index (χ0n) is 10.0. The van der Waals surface area contributed by atoms with Crippen molar-refractivity contribution in [2.75, 3.05) is 0 Å². The fourth-order valence-electron chi connectivity index (χ4n) is 1.71. The summed E-state index contributed by atoms with van der Waals surface area (Å²) in [6.07, 6.45) is 0.432. The van der Waals surface area contributed by atoms with Crippen LogP contribution in [0.5, 0.6) is 0 Å². The number of nitrogens with one attached hydrogen (secondary N) is 1. The van der Waals surface area contributed by atoms with Gasteiger partial charge in [-0.05, 0) is 47.0 Å². The lowest BCUT2D eigenvalue weighted by atomic mass is 10.1. The van der Waals surface area contributed by atoms with E-state index in [1.54, 1.807) is 11.3 Å². The van der Waals surface area contributed by atoms with E-state index in [0.29, 0.717) is 11.4 Å². The molecule has 0 fully saturated rings. The monoisotopic (exact) mass is 279 g/mol. The number of rotatable bonds is 4. The first-order chi connectivity index (χ1) is 8.65. The van der Waals surface area contributed by atoms with Gasteiger partial charge in [-0.2, -0.15) is 11.3 Å². The van der Waals surface area contributed by atoms with Crippen LogP contribution < -0.4 is 5.32 Å². The summed E-state index contributed by atoms with van der Waals surface area (Å²) in [6, 6.07) is 9.48. The average molecular weight is 280 g/mol. The molecule has 0 aliphatic heterocycles. The number of halogens is 1. The van der Waals surface area contributed by atoms with Crippen LogP contribution in [-0.2, 0) is 11.2 Å². The molecular formula is C14H14ClNOS. The molecule has 2 aromatic rings. The van der Waals surface area contributed by atoms with Gasteiger partial charge in [-0.3, -0.25) is 4.79 Å². The van der Waals surface area contributed by atoms with Crippen LogP contribution in [0.2, 0.25) is 5.02 Å². The molecule has 0 unspecified atom stereocenters. The Morgan fingerprint density at radius 2 is 2.06 bits per heavy atom. The summed E-state index contributed by atoms with van der Waals surface area (Å²) in [5, 5.41) is 7.65. The lowest BCUT2D eigenvalue weighted by Crippen LogP contribution is -2.27. The zero-order chi connectivity index (χ0) is 13.0. The largest absolute Gasteiger partial charge is 0.349 e. The van der Waals surface area contributed by atoms with Crippen LogP contribution in [0, 0.1) is 0 Å². The molecule has 4 heteroatoms. The highest BCUT2D eigenvalue weighted by atomic mass is 35.5. The highest BCUT2D eigenvalue weighted by Gasteiger charge is 2.10. The minimum atomic E-state index is -0.00611. The third kappa shape index (κ3) is 3.59. The summed E-state index contributed by atoms with van der Waals surface area (Å²) in [7, 11) is 0. The summed E-state index contributed by atoms with van der Waals surface area (Å²) in [5.74, 6) is 0.0378. The quantitative estimate of drug-likeness (QED) is 0.906. The third-order valence-electron chi connectivity index (χ3n) is 2.69. The summed E-state index contributed by atoms with van der Waals surface area (Å²) in [4.78, 5) is 11.8. The molecule has 0 radical (unpaired) electrons. The van der Waals surface area contributed by atoms with Crippen molar-refractivity contribution in [1.82, 2.24) is 5.32 Å². The van der Waals surface area contributed by atoms with Crippen LogP contribution in [0.15, 0.2) is 41.1 Å². The molecule has 0 bridgehead atoms. The Bertz CT molecular complexity index is 507. The Morgan fingerprint density at radius 1 is 1.33 bits per heavy atom. The summed E-state index contributed by atoms with van der Waals surface area (Å²) >= 11 is 7.43. The predicted molar refractivity (Wildman–Crippen MR) is 76.0 cm³/mol. The topological polar surface area (TPSA) is 29.1 Å². The molecule has 94 valence electrons. The van der Waals surface area contributed by atoms with Gasteiger partial charge in [0, 0.05) is 5.02 Å². The molecule has 1 aromatic heterocycles. The van der Waals surface area contributed by atoms with Crippen LogP contribution in [0.1, 0.15) is 24.1 Å². The van der Waals surface area contributed by atoms with Crippen molar-refractivity contribution < 1.29 is 4.79 Å². The van der Waals surface area contributed by atoms with Gasteiger partial charge in [0.25, 0.3) is 0 Å². The van der Waals surface area contributed by atoms with E-state index in [1.165, 1.54) is 0 Å². The van der Waals surface area contributed by atoms with E-state index in [9.17, 15) is 4.79 Å². The number of carbonyl (C=O) groups excluding carboxylic acids is 1. The summed E-state index contributed by atoms with van der Waals surface area (Å²) in [5.41, 5.74) is 2.11. The Labute approximate surface area is 116 Å². The number of carbonyl (C=O) groups is 1. The molecule has 1 N–H and O–H groups in total. The van der Waals surface area contributed by atoms with Gasteiger partial charge >= 0.3 is 0 Å². The lowest BCUT2D eigenvalue weighted by Gasteiger charge is -2.14. The zero-order valence-corrected chi connectivity index (χ0v) is 11.6. The van der Waals surface area contributed by atoms with E-state index in [2.05, 4.69) is 5.32 Å². The van der Waals surface area contributed by atoms with E-state index in [-0.39, 0.29) is 11.9 Å². The fourth-order valence-corrected chi connectivity index (χ4v) is 2.50. The smallest absolute Gasteiger partial charge is 0.224 e. The number of amides is 1. The average Bonchev–Trinajstić information content (AvgIpc) is 2.82. The molecule has 0 saturated heterocycles.